The Kier molecular flexibility index (Phi) is 6.13. The van der Waals surface area contributed by atoms with E-state index in [2.05, 4.69) is 28.5 Å². The molecule has 0 spiro atoms. The lowest BCUT2D eigenvalue weighted by molar-refractivity contribution is -0.137. The van der Waals surface area contributed by atoms with Crippen LogP contribution in [0.5, 0.6) is 0 Å². The predicted octanol–water partition coefficient (Wildman–Crippen LogP) is 0.367. The van der Waals surface area contributed by atoms with Gasteiger partial charge in [-0.15, -0.1) is 0 Å². The summed E-state index contributed by atoms with van der Waals surface area (Å²) >= 11 is 0. The van der Waals surface area contributed by atoms with E-state index in [1.54, 1.807) is 0 Å². The summed E-state index contributed by atoms with van der Waals surface area (Å²) in [6.07, 6.45) is 3.15. The van der Waals surface area contributed by atoms with Gasteiger partial charge in [-0.1, -0.05) is 0 Å². The third kappa shape index (κ3) is 4.48. The van der Waals surface area contributed by atoms with Crippen molar-refractivity contribution in [2.75, 3.05) is 52.4 Å². The van der Waals surface area contributed by atoms with Gasteiger partial charge in [0.2, 0.25) is 5.91 Å². The van der Waals surface area contributed by atoms with Gasteiger partial charge in [-0.2, -0.15) is 0 Å². The SMILES string of the molecule is CC(C)N1CCOC(CN2CCN(C(=O)C3CCC(N)C3)CC2)C1. The maximum absolute atomic E-state index is 12.6. The van der Waals surface area contributed by atoms with Gasteiger partial charge in [0, 0.05) is 63.8 Å². The molecular formula is C18H34N4O2. The number of nitrogens with zero attached hydrogens (tertiary/aromatic N) is 3. The van der Waals surface area contributed by atoms with E-state index in [0.717, 1.165) is 71.7 Å². The first-order chi connectivity index (χ1) is 11.5. The van der Waals surface area contributed by atoms with E-state index in [-0.39, 0.29) is 12.0 Å². The molecule has 1 saturated carbocycles. The standard InChI is InChI=1S/C18H34N4O2/c1-14(2)22-9-10-24-17(13-22)12-20-5-7-21(8-6-20)18(23)15-3-4-16(19)11-15/h14-17H,3-13,19H2,1-2H3. The molecule has 24 heavy (non-hydrogen) atoms. The van der Waals surface area contributed by atoms with E-state index < -0.39 is 0 Å². The molecule has 6 heteroatoms. The maximum atomic E-state index is 12.6. The minimum Gasteiger partial charge on any atom is -0.374 e. The molecule has 0 aromatic heterocycles. The number of carbonyl (C=O) groups excluding carboxylic acids is 1. The largest absolute Gasteiger partial charge is 0.374 e. The summed E-state index contributed by atoms with van der Waals surface area (Å²) in [6.45, 7) is 12.0. The van der Waals surface area contributed by atoms with Crippen molar-refractivity contribution in [2.45, 2.75) is 51.3 Å². The van der Waals surface area contributed by atoms with Crippen molar-refractivity contribution >= 4 is 5.91 Å². The van der Waals surface area contributed by atoms with E-state index >= 15 is 0 Å². The zero-order chi connectivity index (χ0) is 17.1. The second kappa shape index (κ2) is 8.13. The van der Waals surface area contributed by atoms with Crippen molar-refractivity contribution in [3.8, 4) is 0 Å². The summed E-state index contributed by atoms with van der Waals surface area (Å²) in [4.78, 5) is 19.6. The van der Waals surface area contributed by atoms with Crippen molar-refractivity contribution in [1.29, 1.82) is 0 Å². The summed E-state index contributed by atoms with van der Waals surface area (Å²) in [5.41, 5.74) is 5.95. The second-order valence-electron chi connectivity index (χ2n) is 7.98. The van der Waals surface area contributed by atoms with Crippen molar-refractivity contribution in [3.63, 3.8) is 0 Å². The number of hydrogen-bond donors (Lipinski definition) is 1. The molecule has 1 aliphatic carbocycles. The molecule has 3 rings (SSSR count). The molecule has 0 aromatic carbocycles. The third-order valence-electron chi connectivity index (χ3n) is 5.87. The molecule has 138 valence electrons. The van der Waals surface area contributed by atoms with E-state index in [9.17, 15) is 4.79 Å². The fourth-order valence-electron chi connectivity index (χ4n) is 4.26. The quantitative estimate of drug-likeness (QED) is 0.802. The molecule has 0 bridgehead atoms. The minimum absolute atomic E-state index is 0.174. The van der Waals surface area contributed by atoms with Gasteiger partial charge in [-0.05, 0) is 33.1 Å². The van der Waals surface area contributed by atoms with Gasteiger partial charge in [0.05, 0.1) is 12.7 Å². The Morgan fingerprint density at radius 2 is 1.92 bits per heavy atom. The van der Waals surface area contributed by atoms with E-state index in [1.165, 1.54) is 0 Å². The minimum atomic E-state index is 0.174. The lowest BCUT2D eigenvalue weighted by Gasteiger charge is -2.40. The predicted molar refractivity (Wildman–Crippen MR) is 94.8 cm³/mol. The number of rotatable bonds is 4. The summed E-state index contributed by atoms with van der Waals surface area (Å²) < 4.78 is 5.95. The number of amides is 1. The van der Waals surface area contributed by atoms with Crippen LogP contribution in [-0.2, 0) is 9.53 Å². The average Bonchev–Trinajstić information content (AvgIpc) is 3.01. The zero-order valence-electron chi connectivity index (χ0n) is 15.3. The summed E-state index contributed by atoms with van der Waals surface area (Å²) in [6, 6.07) is 0.816. The first kappa shape index (κ1) is 18.1. The normalized spacial score (nSPS) is 33.3. The Morgan fingerprint density at radius 1 is 1.17 bits per heavy atom. The fourth-order valence-corrected chi connectivity index (χ4v) is 4.26. The van der Waals surface area contributed by atoms with Crippen molar-refractivity contribution in [2.24, 2.45) is 11.7 Å². The van der Waals surface area contributed by atoms with Gasteiger partial charge in [-0.25, -0.2) is 0 Å². The van der Waals surface area contributed by atoms with Gasteiger partial charge in [0.15, 0.2) is 0 Å². The Balaban J connectivity index is 1.41. The highest BCUT2D eigenvalue weighted by Crippen LogP contribution is 2.26. The van der Waals surface area contributed by atoms with Gasteiger partial charge >= 0.3 is 0 Å². The van der Waals surface area contributed by atoms with Crippen molar-refractivity contribution < 1.29 is 9.53 Å². The Morgan fingerprint density at radius 3 is 2.54 bits per heavy atom. The molecule has 2 saturated heterocycles. The number of hydrogen-bond acceptors (Lipinski definition) is 5. The molecule has 2 N–H and O–H groups in total. The molecular weight excluding hydrogens is 304 g/mol. The van der Waals surface area contributed by atoms with E-state index in [4.69, 9.17) is 10.5 Å². The maximum Gasteiger partial charge on any atom is 0.225 e. The van der Waals surface area contributed by atoms with Gasteiger partial charge in [0.25, 0.3) is 0 Å². The summed E-state index contributed by atoms with van der Waals surface area (Å²) in [7, 11) is 0. The van der Waals surface area contributed by atoms with Gasteiger partial charge < -0.3 is 15.4 Å². The summed E-state index contributed by atoms with van der Waals surface area (Å²) in [5, 5.41) is 0. The van der Waals surface area contributed by atoms with E-state index in [0.29, 0.717) is 18.1 Å². The first-order valence-electron chi connectivity index (χ1n) is 9.65. The number of ether oxygens (including phenoxy) is 1. The van der Waals surface area contributed by atoms with Crippen LogP contribution in [0.25, 0.3) is 0 Å². The van der Waals surface area contributed by atoms with E-state index in [1.807, 2.05) is 0 Å². The van der Waals surface area contributed by atoms with Crippen LogP contribution >= 0.6 is 0 Å². The van der Waals surface area contributed by atoms with Crippen molar-refractivity contribution in [3.05, 3.63) is 0 Å². The van der Waals surface area contributed by atoms with Crippen LogP contribution in [0, 0.1) is 5.92 Å². The monoisotopic (exact) mass is 338 g/mol. The molecule has 2 aliphatic heterocycles. The zero-order valence-corrected chi connectivity index (χ0v) is 15.3. The average molecular weight is 338 g/mol. The van der Waals surface area contributed by atoms with Crippen LogP contribution in [-0.4, -0.2) is 91.2 Å². The lowest BCUT2D eigenvalue weighted by atomic mass is 10.1. The third-order valence-corrected chi connectivity index (χ3v) is 5.87. The molecule has 1 amide bonds. The molecule has 0 radical (unpaired) electrons. The molecule has 2 heterocycles. The number of morpholine rings is 1. The summed E-state index contributed by atoms with van der Waals surface area (Å²) in [5.74, 6) is 0.510. The highest BCUT2D eigenvalue weighted by atomic mass is 16.5. The number of carbonyl (C=O) groups is 1. The van der Waals surface area contributed by atoms with Crippen LogP contribution in [0.15, 0.2) is 0 Å². The molecule has 6 nitrogen and oxygen atoms in total. The first-order valence-corrected chi connectivity index (χ1v) is 9.65. The van der Waals surface area contributed by atoms with Crippen LogP contribution in [0.3, 0.4) is 0 Å². The Hall–Kier alpha value is -0.690. The molecule has 3 unspecified atom stereocenters. The highest BCUT2D eigenvalue weighted by molar-refractivity contribution is 5.79. The Labute approximate surface area is 146 Å². The number of nitrogens with two attached hydrogens (primary N) is 1. The van der Waals surface area contributed by atoms with Crippen LogP contribution in [0.4, 0.5) is 0 Å². The smallest absolute Gasteiger partial charge is 0.225 e. The molecule has 3 atom stereocenters. The molecule has 3 aliphatic rings. The van der Waals surface area contributed by atoms with Gasteiger partial charge in [-0.3, -0.25) is 14.6 Å². The van der Waals surface area contributed by atoms with Crippen LogP contribution < -0.4 is 5.73 Å². The van der Waals surface area contributed by atoms with Gasteiger partial charge in [0.1, 0.15) is 0 Å². The topological polar surface area (TPSA) is 62.0 Å². The second-order valence-corrected chi connectivity index (χ2v) is 7.98. The number of piperazine rings is 1. The Bertz CT molecular complexity index is 423. The van der Waals surface area contributed by atoms with Crippen LogP contribution in [0.1, 0.15) is 33.1 Å². The molecule has 3 fully saturated rings. The highest BCUT2D eigenvalue weighted by Gasteiger charge is 2.33. The van der Waals surface area contributed by atoms with Crippen molar-refractivity contribution in [1.82, 2.24) is 14.7 Å². The molecule has 0 aromatic rings. The lowest BCUT2D eigenvalue weighted by Crippen LogP contribution is -2.54. The fraction of sp³-hybridized carbons (Fsp3) is 0.944. The van der Waals surface area contributed by atoms with Crippen LogP contribution in [0.2, 0.25) is 0 Å².